The molecule has 0 amide bonds. The van der Waals surface area contributed by atoms with Crippen molar-refractivity contribution < 1.29 is 0 Å². The van der Waals surface area contributed by atoms with Crippen molar-refractivity contribution in [2.45, 2.75) is 20.4 Å². The van der Waals surface area contributed by atoms with Crippen LogP contribution in [-0.2, 0) is 6.54 Å². The van der Waals surface area contributed by atoms with Crippen LogP contribution in [0.15, 0.2) is 12.2 Å². The highest BCUT2D eigenvalue weighted by molar-refractivity contribution is 6.31. The zero-order valence-corrected chi connectivity index (χ0v) is 8.73. The van der Waals surface area contributed by atoms with E-state index >= 15 is 0 Å². The summed E-state index contributed by atoms with van der Waals surface area (Å²) in [6.45, 7) is 8.77. The number of rotatable bonds is 3. The molecule has 13 heavy (non-hydrogen) atoms. The summed E-state index contributed by atoms with van der Waals surface area (Å²) in [6, 6.07) is 0. The van der Waals surface area contributed by atoms with Gasteiger partial charge in [0, 0.05) is 6.54 Å². The monoisotopic (exact) mass is 199 g/mol. The maximum absolute atomic E-state index is 5.98. The highest BCUT2D eigenvalue weighted by atomic mass is 35.5. The lowest BCUT2D eigenvalue weighted by molar-refractivity contribution is 0.645. The van der Waals surface area contributed by atoms with Crippen molar-refractivity contribution in [1.29, 1.82) is 0 Å². The number of hydrogen-bond donors (Lipinski definition) is 1. The summed E-state index contributed by atoms with van der Waals surface area (Å²) in [7, 11) is 0. The maximum Gasteiger partial charge on any atom is 0.0844 e. The van der Waals surface area contributed by atoms with Crippen molar-refractivity contribution in [3.63, 3.8) is 0 Å². The van der Waals surface area contributed by atoms with Gasteiger partial charge in [-0.25, -0.2) is 0 Å². The number of aryl methyl sites for hydroxylation is 1. The van der Waals surface area contributed by atoms with Gasteiger partial charge in [0.05, 0.1) is 23.0 Å². The van der Waals surface area contributed by atoms with Gasteiger partial charge in [-0.05, 0) is 19.4 Å². The van der Waals surface area contributed by atoms with Crippen molar-refractivity contribution in [2.75, 3.05) is 6.54 Å². The van der Waals surface area contributed by atoms with Gasteiger partial charge in [-0.15, -0.1) is 0 Å². The molecule has 0 atom stereocenters. The van der Waals surface area contributed by atoms with E-state index < -0.39 is 0 Å². The van der Waals surface area contributed by atoms with E-state index in [-0.39, 0.29) is 0 Å². The van der Waals surface area contributed by atoms with Crippen LogP contribution < -0.4 is 5.73 Å². The first kappa shape index (κ1) is 10.3. The standard InChI is InChI=1S/C9H14ClN3/c1-6(4-11)5-13-8(3)9(10)7(2)12-13/h1,4-5,11H2,2-3H3. The number of halogens is 1. The summed E-state index contributed by atoms with van der Waals surface area (Å²) in [4.78, 5) is 0. The van der Waals surface area contributed by atoms with Crippen molar-refractivity contribution in [1.82, 2.24) is 9.78 Å². The van der Waals surface area contributed by atoms with Crippen LogP contribution in [0.3, 0.4) is 0 Å². The fourth-order valence-corrected chi connectivity index (χ4v) is 1.24. The van der Waals surface area contributed by atoms with Crippen LogP contribution in [0.2, 0.25) is 5.02 Å². The average molecular weight is 200 g/mol. The van der Waals surface area contributed by atoms with E-state index in [1.165, 1.54) is 0 Å². The maximum atomic E-state index is 5.98. The van der Waals surface area contributed by atoms with Gasteiger partial charge in [0.25, 0.3) is 0 Å². The summed E-state index contributed by atoms with van der Waals surface area (Å²) in [5.41, 5.74) is 8.21. The van der Waals surface area contributed by atoms with Gasteiger partial charge in [0.15, 0.2) is 0 Å². The van der Waals surface area contributed by atoms with Crippen LogP contribution in [0.4, 0.5) is 0 Å². The van der Waals surface area contributed by atoms with E-state index in [9.17, 15) is 0 Å². The van der Waals surface area contributed by atoms with E-state index in [1.54, 1.807) is 0 Å². The lowest BCUT2D eigenvalue weighted by Crippen LogP contribution is -2.11. The second-order valence-corrected chi connectivity index (χ2v) is 3.47. The molecule has 0 aliphatic rings. The molecule has 0 spiro atoms. The third-order valence-corrected chi connectivity index (χ3v) is 2.50. The molecule has 0 fully saturated rings. The van der Waals surface area contributed by atoms with Crippen LogP contribution in [0.1, 0.15) is 11.4 Å². The number of hydrogen-bond acceptors (Lipinski definition) is 2. The first-order valence-corrected chi connectivity index (χ1v) is 4.50. The van der Waals surface area contributed by atoms with Gasteiger partial charge in [0.1, 0.15) is 0 Å². The van der Waals surface area contributed by atoms with Crippen molar-refractivity contribution in [3.05, 3.63) is 28.6 Å². The van der Waals surface area contributed by atoms with Crippen LogP contribution in [0.5, 0.6) is 0 Å². The third kappa shape index (κ3) is 2.11. The molecule has 0 bridgehead atoms. The molecule has 0 aliphatic carbocycles. The first-order chi connectivity index (χ1) is 6.06. The Morgan fingerprint density at radius 3 is 2.62 bits per heavy atom. The molecule has 72 valence electrons. The molecule has 2 N–H and O–H groups in total. The summed E-state index contributed by atoms with van der Waals surface area (Å²) in [5, 5.41) is 4.99. The highest BCUT2D eigenvalue weighted by Gasteiger charge is 2.08. The largest absolute Gasteiger partial charge is 0.327 e. The number of nitrogens with two attached hydrogens (primary N) is 1. The van der Waals surface area contributed by atoms with Gasteiger partial charge in [-0.1, -0.05) is 18.2 Å². The SMILES string of the molecule is C=C(CN)Cn1nc(C)c(Cl)c1C. The predicted octanol–water partition coefficient (Wildman–Crippen LogP) is 1.67. The van der Waals surface area contributed by atoms with Gasteiger partial charge < -0.3 is 5.73 Å². The smallest absolute Gasteiger partial charge is 0.0844 e. The Hall–Kier alpha value is -0.800. The van der Waals surface area contributed by atoms with Crippen molar-refractivity contribution in [3.8, 4) is 0 Å². The Morgan fingerprint density at radius 1 is 1.62 bits per heavy atom. The third-order valence-electron chi connectivity index (χ3n) is 1.96. The molecule has 1 heterocycles. The predicted molar refractivity (Wildman–Crippen MR) is 54.9 cm³/mol. The summed E-state index contributed by atoms with van der Waals surface area (Å²) < 4.78 is 1.83. The quantitative estimate of drug-likeness (QED) is 0.753. The molecule has 0 radical (unpaired) electrons. The number of nitrogens with zero attached hydrogens (tertiary/aromatic N) is 2. The molecule has 0 saturated heterocycles. The molecule has 1 aromatic heterocycles. The second-order valence-electron chi connectivity index (χ2n) is 3.10. The topological polar surface area (TPSA) is 43.8 Å². The number of aromatic nitrogens is 2. The normalized spacial score (nSPS) is 10.5. The lowest BCUT2D eigenvalue weighted by atomic mass is 10.3. The summed E-state index contributed by atoms with van der Waals surface area (Å²) in [6.07, 6.45) is 0. The lowest BCUT2D eigenvalue weighted by Gasteiger charge is -2.04. The average Bonchev–Trinajstić information content (AvgIpc) is 2.34. The van der Waals surface area contributed by atoms with Crippen LogP contribution >= 0.6 is 11.6 Å². The molecular weight excluding hydrogens is 186 g/mol. The Bertz CT molecular complexity index is 328. The van der Waals surface area contributed by atoms with E-state index in [0.717, 1.165) is 22.0 Å². The molecule has 0 aliphatic heterocycles. The summed E-state index contributed by atoms with van der Waals surface area (Å²) in [5.74, 6) is 0. The molecular formula is C9H14ClN3. The van der Waals surface area contributed by atoms with Crippen LogP contribution in [0, 0.1) is 13.8 Å². The second kappa shape index (κ2) is 3.94. The van der Waals surface area contributed by atoms with Gasteiger partial charge in [0.2, 0.25) is 0 Å². The highest BCUT2D eigenvalue weighted by Crippen LogP contribution is 2.19. The van der Waals surface area contributed by atoms with E-state index in [2.05, 4.69) is 11.7 Å². The van der Waals surface area contributed by atoms with Gasteiger partial charge in [-0.3, -0.25) is 4.68 Å². The van der Waals surface area contributed by atoms with Crippen molar-refractivity contribution in [2.24, 2.45) is 5.73 Å². The zero-order chi connectivity index (χ0) is 10.0. The van der Waals surface area contributed by atoms with E-state index in [0.29, 0.717) is 13.1 Å². The molecule has 4 heteroatoms. The Kier molecular flexibility index (Phi) is 3.12. The van der Waals surface area contributed by atoms with Crippen molar-refractivity contribution >= 4 is 11.6 Å². The van der Waals surface area contributed by atoms with E-state index in [4.69, 9.17) is 17.3 Å². The molecule has 1 rings (SSSR count). The molecule has 0 unspecified atom stereocenters. The summed E-state index contributed by atoms with van der Waals surface area (Å²) >= 11 is 5.98. The molecule has 3 nitrogen and oxygen atoms in total. The zero-order valence-electron chi connectivity index (χ0n) is 7.97. The first-order valence-electron chi connectivity index (χ1n) is 4.12. The Balaban J connectivity index is 2.90. The Labute approximate surface area is 83.2 Å². The molecule has 0 aromatic carbocycles. The fourth-order valence-electron chi connectivity index (χ4n) is 1.11. The van der Waals surface area contributed by atoms with E-state index in [1.807, 2.05) is 18.5 Å². The van der Waals surface area contributed by atoms with Gasteiger partial charge in [-0.2, -0.15) is 5.10 Å². The van der Waals surface area contributed by atoms with Gasteiger partial charge >= 0.3 is 0 Å². The minimum absolute atomic E-state index is 0.482. The Morgan fingerprint density at radius 2 is 2.23 bits per heavy atom. The minimum atomic E-state index is 0.482. The molecule has 1 aromatic rings. The van der Waals surface area contributed by atoms with Crippen LogP contribution in [-0.4, -0.2) is 16.3 Å². The molecule has 0 saturated carbocycles. The minimum Gasteiger partial charge on any atom is -0.327 e. The fraction of sp³-hybridized carbons (Fsp3) is 0.444. The van der Waals surface area contributed by atoms with Crippen LogP contribution in [0.25, 0.3) is 0 Å².